The number of furan rings is 1. The van der Waals surface area contributed by atoms with Gasteiger partial charge >= 0.3 is 0 Å². The van der Waals surface area contributed by atoms with Crippen LogP contribution in [0.15, 0.2) is 15.4 Å². The lowest BCUT2D eigenvalue weighted by atomic mass is 10.4. The second-order valence-corrected chi connectivity index (χ2v) is 5.22. The van der Waals surface area contributed by atoms with Crippen LogP contribution in [-0.4, -0.2) is 21.0 Å². The highest BCUT2D eigenvalue weighted by Crippen LogP contribution is 2.19. The van der Waals surface area contributed by atoms with Crippen LogP contribution in [0.5, 0.6) is 0 Å². The van der Waals surface area contributed by atoms with Gasteiger partial charge in [-0.25, -0.2) is 13.1 Å². The number of hydrogen-bond acceptors (Lipinski definition) is 4. The van der Waals surface area contributed by atoms with Gasteiger partial charge in [-0.3, -0.25) is 0 Å². The van der Waals surface area contributed by atoms with Gasteiger partial charge in [-0.1, -0.05) is 0 Å². The third kappa shape index (κ3) is 2.80. The van der Waals surface area contributed by atoms with Gasteiger partial charge in [-0.15, -0.1) is 0 Å². The van der Waals surface area contributed by atoms with Gasteiger partial charge < -0.3 is 10.2 Å². The summed E-state index contributed by atoms with van der Waals surface area (Å²) in [6.07, 6.45) is 0. The first-order valence-corrected chi connectivity index (χ1v) is 6.14. The molecule has 0 amide bonds. The number of sulfonamides is 1. The zero-order valence-corrected chi connectivity index (χ0v) is 9.89. The van der Waals surface area contributed by atoms with Gasteiger partial charge in [0.25, 0.3) is 0 Å². The molecule has 0 aliphatic carbocycles. The summed E-state index contributed by atoms with van der Waals surface area (Å²) in [5.74, 6) is 0.970. The van der Waals surface area contributed by atoms with E-state index in [0.29, 0.717) is 11.5 Å². The standard InChI is InChI=1S/C9H16N2O3S/c1-6(5-10)11-15(12,13)9-4-7(2)14-8(9)3/h4,6,11H,5,10H2,1-3H3/t6-/m0/s1. The van der Waals surface area contributed by atoms with Crippen molar-refractivity contribution < 1.29 is 12.8 Å². The number of hydrogen-bond donors (Lipinski definition) is 2. The van der Waals surface area contributed by atoms with Crippen molar-refractivity contribution >= 4 is 10.0 Å². The molecule has 5 nitrogen and oxygen atoms in total. The molecule has 15 heavy (non-hydrogen) atoms. The highest BCUT2D eigenvalue weighted by atomic mass is 32.2. The topological polar surface area (TPSA) is 85.3 Å². The van der Waals surface area contributed by atoms with Gasteiger partial charge in [0, 0.05) is 12.6 Å². The van der Waals surface area contributed by atoms with Crippen molar-refractivity contribution in [2.45, 2.75) is 31.7 Å². The van der Waals surface area contributed by atoms with E-state index in [0.717, 1.165) is 0 Å². The molecule has 0 spiro atoms. The molecule has 0 unspecified atom stereocenters. The zero-order chi connectivity index (χ0) is 11.6. The number of aryl methyl sites for hydroxylation is 2. The van der Waals surface area contributed by atoms with E-state index in [9.17, 15) is 8.42 Å². The first kappa shape index (κ1) is 12.2. The second-order valence-electron chi connectivity index (χ2n) is 3.54. The fraction of sp³-hybridized carbons (Fsp3) is 0.556. The third-order valence-corrected chi connectivity index (χ3v) is 3.69. The number of nitrogens with one attached hydrogen (secondary N) is 1. The van der Waals surface area contributed by atoms with Crippen LogP contribution < -0.4 is 10.5 Å². The highest BCUT2D eigenvalue weighted by Gasteiger charge is 2.21. The van der Waals surface area contributed by atoms with Crippen LogP contribution in [0.2, 0.25) is 0 Å². The minimum atomic E-state index is -3.51. The monoisotopic (exact) mass is 232 g/mol. The summed E-state index contributed by atoms with van der Waals surface area (Å²) in [4.78, 5) is 0.181. The maximum absolute atomic E-state index is 11.8. The van der Waals surface area contributed by atoms with Crippen LogP contribution in [0.25, 0.3) is 0 Å². The average molecular weight is 232 g/mol. The Morgan fingerprint density at radius 3 is 2.53 bits per heavy atom. The zero-order valence-electron chi connectivity index (χ0n) is 9.07. The molecule has 0 saturated carbocycles. The molecule has 3 N–H and O–H groups in total. The normalized spacial score (nSPS) is 14.1. The van der Waals surface area contributed by atoms with Crippen molar-refractivity contribution in [3.8, 4) is 0 Å². The van der Waals surface area contributed by atoms with Crippen molar-refractivity contribution in [2.75, 3.05) is 6.54 Å². The van der Waals surface area contributed by atoms with E-state index in [-0.39, 0.29) is 17.5 Å². The van der Waals surface area contributed by atoms with E-state index >= 15 is 0 Å². The lowest BCUT2D eigenvalue weighted by molar-refractivity contribution is 0.495. The fourth-order valence-electron chi connectivity index (χ4n) is 1.25. The van der Waals surface area contributed by atoms with E-state index in [1.54, 1.807) is 20.8 Å². The summed E-state index contributed by atoms with van der Waals surface area (Å²) in [7, 11) is -3.51. The average Bonchev–Trinajstić information content (AvgIpc) is 2.45. The molecule has 6 heteroatoms. The Kier molecular flexibility index (Phi) is 3.54. The van der Waals surface area contributed by atoms with Crippen LogP contribution >= 0.6 is 0 Å². The van der Waals surface area contributed by atoms with E-state index in [4.69, 9.17) is 10.2 Å². The van der Waals surface area contributed by atoms with E-state index in [1.165, 1.54) is 6.07 Å². The third-order valence-electron chi connectivity index (χ3n) is 1.99. The summed E-state index contributed by atoms with van der Waals surface area (Å²) in [5.41, 5.74) is 5.35. The molecule has 1 aromatic rings. The minimum Gasteiger partial charge on any atom is -0.465 e. The van der Waals surface area contributed by atoms with Gasteiger partial charge in [0.2, 0.25) is 10.0 Å². The molecular weight excluding hydrogens is 216 g/mol. The molecule has 86 valence electrons. The minimum absolute atomic E-state index is 0.181. The maximum atomic E-state index is 11.8. The summed E-state index contributed by atoms with van der Waals surface area (Å²) in [6, 6.07) is 1.21. The molecule has 1 atom stereocenters. The van der Waals surface area contributed by atoms with Gasteiger partial charge in [-0.2, -0.15) is 0 Å². The van der Waals surface area contributed by atoms with Crippen molar-refractivity contribution in [3.05, 3.63) is 17.6 Å². The van der Waals surface area contributed by atoms with Crippen LogP contribution in [0, 0.1) is 13.8 Å². The highest BCUT2D eigenvalue weighted by molar-refractivity contribution is 7.89. The van der Waals surface area contributed by atoms with Crippen LogP contribution in [-0.2, 0) is 10.0 Å². The summed E-state index contributed by atoms with van der Waals surface area (Å²) >= 11 is 0. The quantitative estimate of drug-likeness (QED) is 0.792. The molecule has 0 bridgehead atoms. The van der Waals surface area contributed by atoms with Crippen LogP contribution in [0.4, 0.5) is 0 Å². The van der Waals surface area contributed by atoms with E-state index in [2.05, 4.69) is 4.72 Å². The number of nitrogens with two attached hydrogens (primary N) is 1. The summed E-state index contributed by atoms with van der Waals surface area (Å²) in [6.45, 7) is 5.29. The first-order valence-electron chi connectivity index (χ1n) is 4.66. The molecule has 0 fully saturated rings. The first-order chi connectivity index (χ1) is 6.86. The summed E-state index contributed by atoms with van der Waals surface area (Å²) in [5, 5.41) is 0. The Morgan fingerprint density at radius 2 is 2.13 bits per heavy atom. The molecule has 0 radical (unpaired) electrons. The predicted molar refractivity (Wildman–Crippen MR) is 57.0 cm³/mol. The summed E-state index contributed by atoms with van der Waals surface area (Å²) < 4.78 is 31.2. The van der Waals surface area contributed by atoms with E-state index in [1.807, 2.05) is 0 Å². The van der Waals surface area contributed by atoms with E-state index < -0.39 is 10.0 Å². The van der Waals surface area contributed by atoms with Gasteiger partial charge in [0.1, 0.15) is 16.4 Å². The lowest BCUT2D eigenvalue weighted by Gasteiger charge is -2.10. The van der Waals surface area contributed by atoms with Crippen LogP contribution in [0.3, 0.4) is 0 Å². The largest absolute Gasteiger partial charge is 0.465 e. The molecule has 1 aromatic heterocycles. The molecule has 0 aliphatic heterocycles. The van der Waals surface area contributed by atoms with Crippen molar-refractivity contribution in [2.24, 2.45) is 5.73 Å². The Labute approximate surface area is 89.7 Å². The molecule has 1 heterocycles. The SMILES string of the molecule is Cc1cc(S(=O)(=O)N[C@@H](C)CN)c(C)o1. The molecule has 0 aliphatic rings. The van der Waals surface area contributed by atoms with Crippen molar-refractivity contribution in [1.29, 1.82) is 0 Å². The second kappa shape index (κ2) is 4.34. The Hall–Kier alpha value is -0.850. The maximum Gasteiger partial charge on any atom is 0.244 e. The Bertz CT molecular complexity index is 436. The molecule has 0 saturated heterocycles. The number of rotatable bonds is 4. The van der Waals surface area contributed by atoms with Gasteiger partial charge in [0.05, 0.1) is 0 Å². The molecular formula is C9H16N2O3S. The van der Waals surface area contributed by atoms with Crippen LogP contribution in [0.1, 0.15) is 18.4 Å². The van der Waals surface area contributed by atoms with Crippen molar-refractivity contribution in [1.82, 2.24) is 4.72 Å². The Morgan fingerprint density at radius 1 is 1.53 bits per heavy atom. The predicted octanol–water partition coefficient (Wildman–Crippen LogP) is 0.522. The lowest BCUT2D eigenvalue weighted by Crippen LogP contribution is -2.37. The van der Waals surface area contributed by atoms with Crippen molar-refractivity contribution in [3.63, 3.8) is 0 Å². The van der Waals surface area contributed by atoms with Gasteiger partial charge in [0.15, 0.2) is 0 Å². The van der Waals surface area contributed by atoms with Gasteiger partial charge in [-0.05, 0) is 26.8 Å². The Balaban J connectivity index is 3.01. The fourth-order valence-corrected chi connectivity index (χ4v) is 2.74. The molecule has 0 aromatic carbocycles. The molecule has 1 rings (SSSR count). The smallest absolute Gasteiger partial charge is 0.244 e.